The van der Waals surface area contributed by atoms with E-state index in [1.165, 1.54) is 0 Å². The second-order valence-corrected chi connectivity index (χ2v) is 4.22. The van der Waals surface area contributed by atoms with Crippen LogP contribution in [0.2, 0.25) is 0 Å². The first-order valence-electron chi connectivity index (χ1n) is 4.10. The number of fused-ring (bicyclic) bond motifs is 1. The topological polar surface area (TPSA) is 37.3 Å². The van der Waals surface area contributed by atoms with Gasteiger partial charge in [0.2, 0.25) is 0 Å². The number of carboxylic acid groups (broad SMARTS) is 1. The van der Waals surface area contributed by atoms with E-state index < -0.39 is 5.97 Å². The van der Waals surface area contributed by atoms with Gasteiger partial charge in [-0.05, 0) is 51.6 Å². The number of hydrogen-bond acceptors (Lipinski definition) is 1. The van der Waals surface area contributed by atoms with Gasteiger partial charge in [-0.3, -0.25) is 0 Å². The fourth-order valence-corrected chi connectivity index (χ4v) is 1.96. The molecule has 0 amide bonds. The minimum absolute atomic E-state index is 0.360. The molecule has 2 nitrogen and oxygen atoms in total. The van der Waals surface area contributed by atoms with Crippen LogP contribution in [-0.2, 0) is 0 Å². The van der Waals surface area contributed by atoms with Crippen molar-refractivity contribution in [2.45, 2.75) is 0 Å². The summed E-state index contributed by atoms with van der Waals surface area (Å²) in [5, 5.41) is 10.7. The summed E-state index contributed by atoms with van der Waals surface area (Å²) >= 11 is 2.21. The first-order valence-corrected chi connectivity index (χ1v) is 5.18. The highest BCUT2D eigenvalue weighted by molar-refractivity contribution is 14.1. The Bertz CT molecular complexity index is 506. The number of hydrogen-bond donors (Lipinski definition) is 1. The molecule has 0 aliphatic carbocycles. The molecule has 3 heteroatoms. The Hall–Kier alpha value is -1.10. The van der Waals surface area contributed by atoms with Gasteiger partial charge in [0.05, 0.1) is 5.56 Å². The molecule has 0 aliphatic heterocycles. The van der Waals surface area contributed by atoms with Gasteiger partial charge in [0.15, 0.2) is 0 Å². The predicted octanol–water partition coefficient (Wildman–Crippen LogP) is 3.14. The highest BCUT2D eigenvalue weighted by Gasteiger charge is 2.06. The molecule has 0 saturated heterocycles. The van der Waals surface area contributed by atoms with E-state index in [9.17, 15) is 4.79 Å². The van der Waals surface area contributed by atoms with Gasteiger partial charge >= 0.3 is 5.97 Å². The van der Waals surface area contributed by atoms with Crippen LogP contribution < -0.4 is 0 Å². The van der Waals surface area contributed by atoms with Gasteiger partial charge in [0.1, 0.15) is 0 Å². The number of aromatic carboxylic acids is 1. The number of rotatable bonds is 1. The Labute approximate surface area is 94.7 Å². The van der Waals surface area contributed by atoms with Gasteiger partial charge < -0.3 is 5.11 Å². The summed E-state index contributed by atoms with van der Waals surface area (Å²) in [6.07, 6.45) is 0. The smallest absolute Gasteiger partial charge is 0.336 e. The third-order valence-electron chi connectivity index (χ3n) is 2.07. The number of benzene rings is 2. The van der Waals surface area contributed by atoms with E-state index in [1.807, 2.05) is 24.3 Å². The van der Waals surface area contributed by atoms with Crippen LogP contribution in [0.5, 0.6) is 0 Å². The number of carbonyl (C=O) groups is 1. The minimum atomic E-state index is -0.878. The largest absolute Gasteiger partial charge is 0.478 e. The van der Waals surface area contributed by atoms with Crippen molar-refractivity contribution in [3.05, 3.63) is 45.5 Å². The molecule has 0 fully saturated rings. The summed E-state index contributed by atoms with van der Waals surface area (Å²) in [6, 6.07) is 11.0. The van der Waals surface area contributed by atoms with Crippen LogP contribution >= 0.6 is 22.6 Å². The lowest BCUT2D eigenvalue weighted by atomic mass is 10.1. The molecular weight excluding hydrogens is 291 g/mol. The molecule has 70 valence electrons. The fraction of sp³-hybridized carbons (Fsp3) is 0. The van der Waals surface area contributed by atoms with Crippen LogP contribution in [0, 0.1) is 3.57 Å². The van der Waals surface area contributed by atoms with Crippen LogP contribution in [0.3, 0.4) is 0 Å². The van der Waals surface area contributed by atoms with Gasteiger partial charge in [-0.15, -0.1) is 0 Å². The van der Waals surface area contributed by atoms with Crippen molar-refractivity contribution in [3.8, 4) is 0 Å². The molecule has 0 saturated carbocycles. The van der Waals surface area contributed by atoms with Crippen molar-refractivity contribution >= 4 is 39.3 Å². The molecule has 2 aromatic rings. The molecule has 0 atom stereocenters. The Morgan fingerprint density at radius 3 is 2.71 bits per heavy atom. The van der Waals surface area contributed by atoms with E-state index in [0.29, 0.717) is 5.56 Å². The molecule has 0 aromatic heterocycles. The van der Waals surface area contributed by atoms with Gasteiger partial charge in [-0.25, -0.2) is 4.79 Å². The molecule has 0 spiro atoms. The molecule has 14 heavy (non-hydrogen) atoms. The van der Waals surface area contributed by atoms with E-state index in [2.05, 4.69) is 22.6 Å². The SMILES string of the molecule is O=C(O)c1cccc2cc(I)ccc12. The minimum Gasteiger partial charge on any atom is -0.478 e. The zero-order valence-corrected chi connectivity index (χ0v) is 9.36. The molecule has 0 aliphatic rings. The summed E-state index contributed by atoms with van der Waals surface area (Å²) in [5.74, 6) is -0.878. The zero-order chi connectivity index (χ0) is 10.1. The lowest BCUT2D eigenvalue weighted by molar-refractivity contribution is 0.0699. The van der Waals surface area contributed by atoms with Gasteiger partial charge in [-0.2, -0.15) is 0 Å². The zero-order valence-electron chi connectivity index (χ0n) is 7.20. The maximum atomic E-state index is 10.9. The third kappa shape index (κ3) is 1.59. The molecular formula is C11H7IO2. The van der Waals surface area contributed by atoms with Crippen LogP contribution in [0.15, 0.2) is 36.4 Å². The van der Waals surface area contributed by atoms with Crippen molar-refractivity contribution in [1.29, 1.82) is 0 Å². The Kier molecular flexibility index (Phi) is 2.41. The number of carboxylic acids is 1. The standard InChI is InChI=1S/C11H7IO2/c12-8-4-5-9-7(6-8)2-1-3-10(9)11(13)14/h1-6H,(H,13,14). The third-order valence-corrected chi connectivity index (χ3v) is 2.74. The second kappa shape index (κ2) is 3.57. The molecule has 0 bridgehead atoms. The van der Waals surface area contributed by atoms with Crippen molar-refractivity contribution in [1.82, 2.24) is 0 Å². The summed E-state index contributed by atoms with van der Waals surface area (Å²) in [7, 11) is 0. The number of halogens is 1. The van der Waals surface area contributed by atoms with E-state index in [-0.39, 0.29) is 0 Å². The first-order chi connectivity index (χ1) is 6.68. The predicted molar refractivity (Wildman–Crippen MR) is 63.6 cm³/mol. The van der Waals surface area contributed by atoms with Crippen molar-refractivity contribution < 1.29 is 9.90 Å². The van der Waals surface area contributed by atoms with Crippen molar-refractivity contribution in [2.24, 2.45) is 0 Å². The van der Waals surface area contributed by atoms with Crippen LogP contribution in [-0.4, -0.2) is 11.1 Å². The second-order valence-electron chi connectivity index (χ2n) is 2.98. The fourth-order valence-electron chi connectivity index (χ4n) is 1.44. The van der Waals surface area contributed by atoms with Crippen LogP contribution in [0.1, 0.15) is 10.4 Å². The molecule has 2 aromatic carbocycles. The Morgan fingerprint density at radius 2 is 2.00 bits per heavy atom. The highest BCUT2D eigenvalue weighted by atomic mass is 127. The Balaban J connectivity index is 2.81. The summed E-state index contributed by atoms with van der Waals surface area (Å²) < 4.78 is 1.11. The quantitative estimate of drug-likeness (QED) is 0.821. The van der Waals surface area contributed by atoms with Crippen LogP contribution in [0.25, 0.3) is 10.8 Å². The van der Waals surface area contributed by atoms with E-state index in [4.69, 9.17) is 5.11 Å². The van der Waals surface area contributed by atoms with E-state index in [1.54, 1.807) is 12.1 Å². The summed E-state index contributed by atoms with van der Waals surface area (Å²) in [6.45, 7) is 0. The van der Waals surface area contributed by atoms with E-state index in [0.717, 1.165) is 14.3 Å². The maximum Gasteiger partial charge on any atom is 0.336 e. The highest BCUT2D eigenvalue weighted by Crippen LogP contribution is 2.21. The molecule has 0 unspecified atom stereocenters. The molecule has 2 rings (SSSR count). The average Bonchev–Trinajstić information content (AvgIpc) is 2.16. The summed E-state index contributed by atoms with van der Waals surface area (Å²) in [5.41, 5.74) is 0.360. The normalized spacial score (nSPS) is 10.4. The van der Waals surface area contributed by atoms with Crippen molar-refractivity contribution in [2.75, 3.05) is 0 Å². The molecule has 0 radical (unpaired) electrons. The molecule has 0 heterocycles. The maximum absolute atomic E-state index is 10.9. The first kappa shape index (κ1) is 9.45. The van der Waals surface area contributed by atoms with Gasteiger partial charge in [-0.1, -0.05) is 18.2 Å². The van der Waals surface area contributed by atoms with Gasteiger partial charge in [0, 0.05) is 3.57 Å². The van der Waals surface area contributed by atoms with Gasteiger partial charge in [0.25, 0.3) is 0 Å². The van der Waals surface area contributed by atoms with E-state index >= 15 is 0 Å². The Morgan fingerprint density at radius 1 is 1.21 bits per heavy atom. The summed E-state index contributed by atoms with van der Waals surface area (Å²) in [4.78, 5) is 10.9. The average molecular weight is 298 g/mol. The lowest BCUT2D eigenvalue weighted by Crippen LogP contribution is -1.96. The van der Waals surface area contributed by atoms with Crippen LogP contribution in [0.4, 0.5) is 0 Å². The monoisotopic (exact) mass is 298 g/mol. The lowest BCUT2D eigenvalue weighted by Gasteiger charge is -2.02. The molecule has 1 N–H and O–H groups in total. The van der Waals surface area contributed by atoms with Crippen molar-refractivity contribution in [3.63, 3.8) is 0 Å².